The molecule has 2 aromatic rings. The van der Waals surface area contributed by atoms with Crippen LogP contribution in [-0.4, -0.2) is 29.3 Å². The molecule has 0 saturated carbocycles. The maximum atomic E-state index is 11.9. The summed E-state index contributed by atoms with van der Waals surface area (Å²) in [5.74, 6) is -1.56. The summed E-state index contributed by atoms with van der Waals surface area (Å²) in [6.07, 6.45) is -0.335. The highest BCUT2D eigenvalue weighted by atomic mass is 16.6. The van der Waals surface area contributed by atoms with Crippen LogP contribution in [-0.2, 0) is 19.1 Å². The second-order valence-corrected chi connectivity index (χ2v) is 6.21. The summed E-state index contributed by atoms with van der Waals surface area (Å²) in [6.45, 7) is 1.39. The molecule has 0 fully saturated rings. The number of amides is 2. The highest BCUT2D eigenvalue weighted by Gasteiger charge is 2.13. The molecule has 0 spiro atoms. The van der Waals surface area contributed by atoms with E-state index in [9.17, 15) is 24.5 Å². The molecule has 0 aliphatic heterocycles. The number of benzene rings is 2. The van der Waals surface area contributed by atoms with Gasteiger partial charge in [-0.1, -0.05) is 30.3 Å². The number of nitrogens with one attached hydrogen (secondary N) is 2. The molecule has 2 N–H and O–H groups in total. The van der Waals surface area contributed by atoms with Crippen LogP contribution < -0.4 is 10.6 Å². The van der Waals surface area contributed by atoms with Crippen molar-refractivity contribution in [2.75, 3.05) is 11.9 Å². The molecular weight excluding hydrogens is 378 g/mol. The van der Waals surface area contributed by atoms with Crippen molar-refractivity contribution in [2.24, 2.45) is 0 Å². The van der Waals surface area contributed by atoms with Crippen LogP contribution in [0.4, 0.5) is 11.4 Å². The van der Waals surface area contributed by atoms with Gasteiger partial charge in [-0.3, -0.25) is 24.5 Å². The zero-order chi connectivity index (χ0) is 21.2. The number of ether oxygens (including phenoxy) is 1. The van der Waals surface area contributed by atoms with Gasteiger partial charge in [-0.15, -0.1) is 0 Å². The number of esters is 1. The fourth-order valence-electron chi connectivity index (χ4n) is 2.43. The number of hydrogen-bond acceptors (Lipinski definition) is 6. The van der Waals surface area contributed by atoms with E-state index in [2.05, 4.69) is 10.6 Å². The number of nitro benzene ring substituents is 1. The van der Waals surface area contributed by atoms with Gasteiger partial charge >= 0.3 is 5.97 Å². The third kappa shape index (κ3) is 7.41. The maximum Gasteiger partial charge on any atom is 0.306 e. The molecule has 0 aliphatic carbocycles. The van der Waals surface area contributed by atoms with Gasteiger partial charge in [-0.05, 0) is 24.6 Å². The van der Waals surface area contributed by atoms with Crippen molar-refractivity contribution >= 4 is 29.2 Å². The molecule has 9 nitrogen and oxygen atoms in total. The van der Waals surface area contributed by atoms with Crippen molar-refractivity contribution in [3.05, 3.63) is 70.3 Å². The second kappa shape index (κ2) is 10.5. The van der Waals surface area contributed by atoms with E-state index in [-0.39, 0.29) is 24.6 Å². The summed E-state index contributed by atoms with van der Waals surface area (Å²) in [5, 5.41) is 15.8. The number of nitrogens with zero attached hydrogens (tertiary/aromatic N) is 1. The molecule has 2 aromatic carbocycles. The van der Waals surface area contributed by atoms with Gasteiger partial charge in [0.15, 0.2) is 6.61 Å². The van der Waals surface area contributed by atoms with Gasteiger partial charge in [-0.25, -0.2) is 0 Å². The predicted octanol–water partition coefficient (Wildman–Crippen LogP) is 2.73. The number of carbonyl (C=O) groups is 3. The van der Waals surface area contributed by atoms with Gasteiger partial charge in [0.2, 0.25) is 5.91 Å². The first-order valence-electron chi connectivity index (χ1n) is 8.89. The van der Waals surface area contributed by atoms with Crippen LogP contribution in [0.1, 0.15) is 31.4 Å². The Balaban J connectivity index is 1.67. The lowest BCUT2D eigenvalue weighted by Gasteiger charge is -2.14. The summed E-state index contributed by atoms with van der Waals surface area (Å²) in [4.78, 5) is 45.5. The Bertz CT molecular complexity index is 868. The first kappa shape index (κ1) is 21.5. The van der Waals surface area contributed by atoms with Crippen molar-refractivity contribution in [2.45, 2.75) is 25.8 Å². The van der Waals surface area contributed by atoms with E-state index in [1.165, 1.54) is 24.3 Å². The second-order valence-electron chi connectivity index (χ2n) is 6.21. The van der Waals surface area contributed by atoms with E-state index in [4.69, 9.17) is 4.74 Å². The van der Waals surface area contributed by atoms with Crippen molar-refractivity contribution in [3.63, 3.8) is 0 Å². The molecule has 0 radical (unpaired) electrons. The molecule has 9 heteroatoms. The summed E-state index contributed by atoms with van der Waals surface area (Å²) in [6, 6.07) is 14.4. The lowest BCUT2D eigenvalue weighted by atomic mass is 10.1. The van der Waals surface area contributed by atoms with Gasteiger partial charge in [0.1, 0.15) is 0 Å². The Morgan fingerprint density at radius 3 is 2.28 bits per heavy atom. The molecule has 0 heterocycles. The Hall–Kier alpha value is -3.75. The number of rotatable bonds is 9. The van der Waals surface area contributed by atoms with E-state index in [1.54, 1.807) is 0 Å². The molecule has 0 aliphatic rings. The Kier molecular flexibility index (Phi) is 7.84. The van der Waals surface area contributed by atoms with Crippen molar-refractivity contribution in [3.8, 4) is 0 Å². The molecule has 1 atom stereocenters. The van der Waals surface area contributed by atoms with Crippen molar-refractivity contribution in [1.29, 1.82) is 0 Å². The average molecular weight is 399 g/mol. The van der Waals surface area contributed by atoms with Crippen LogP contribution in [0.25, 0.3) is 0 Å². The lowest BCUT2D eigenvalue weighted by molar-refractivity contribution is -0.384. The number of hydrogen-bond donors (Lipinski definition) is 2. The largest absolute Gasteiger partial charge is 0.456 e. The molecule has 0 saturated heterocycles. The normalized spacial score (nSPS) is 11.2. The van der Waals surface area contributed by atoms with Gasteiger partial charge < -0.3 is 15.4 Å². The first-order valence-corrected chi connectivity index (χ1v) is 8.89. The number of non-ortho nitro benzene ring substituents is 1. The van der Waals surface area contributed by atoms with Crippen LogP contribution >= 0.6 is 0 Å². The van der Waals surface area contributed by atoms with Crippen LogP contribution in [0.15, 0.2) is 54.6 Å². The van der Waals surface area contributed by atoms with E-state index in [0.29, 0.717) is 5.69 Å². The minimum atomic E-state index is -0.675. The molecule has 29 heavy (non-hydrogen) atoms. The summed E-state index contributed by atoms with van der Waals surface area (Å²) in [7, 11) is 0. The van der Waals surface area contributed by atoms with Gasteiger partial charge in [-0.2, -0.15) is 0 Å². The summed E-state index contributed by atoms with van der Waals surface area (Å²) >= 11 is 0. The molecule has 0 bridgehead atoms. The van der Waals surface area contributed by atoms with Gasteiger partial charge in [0, 0.05) is 24.2 Å². The highest BCUT2D eigenvalue weighted by molar-refractivity contribution is 5.92. The predicted molar refractivity (Wildman–Crippen MR) is 105 cm³/mol. The molecule has 0 unspecified atom stereocenters. The smallest absolute Gasteiger partial charge is 0.306 e. The number of carbonyl (C=O) groups excluding carboxylic acids is 3. The monoisotopic (exact) mass is 399 g/mol. The van der Waals surface area contributed by atoms with E-state index in [1.807, 2.05) is 37.3 Å². The van der Waals surface area contributed by atoms with Crippen LogP contribution in [0, 0.1) is 10.1 Å². The zero-order valence-electron chi connectivity index (χ0n) is 15.8. The molecule has 0 aromatic heterocycles. The number of anilines is 1. The maximum absolute atomic E-state index is 11.9. The fourth-order valence-corrected chi connectivity index (χ4v) is 2.43. The third-order valence-electron chi connectivity index (χ3n) is 3.96. The molecule has 152 valence electrons. The van der Waals surface area contributed by atoms with Crippen LogP contribution in [0.3, 0.4) is 0 Å². The lowest BCUT2D eigenvalue weighted by Crippen LogP contribution is -2.31. The van der Waals surface area contributed by atoms with Gasteiger partial charge in [0.05, 0.1) is 17.4 Å². The third-order valence-corrected chi connectivity index (χ3v) is 3.96. The summed E-state index contributed by atoms with van der Waals surface area (Å²) in [5.41, 5.74) is 1.21. The van der Waals surface area contributed by atoms with Crippen LogP contribution in [0.5, 0.6) is 0 Å². The fraction of sp³-hybridized carbons (Fsp3) is 0.250. The number of nitro groups is 1. The van der Waals surface area contributed by atoms with Crippen molar-refractivity contribution < 1.29 is 24.0 Å². The Labute approximate surface area is 167 Å². The van der Waals surface area contributed by atoms with Crippen LogP contribution in [0.2, 0.25) is 0 Å². The Morgan fingerprint density at radius 2 is 1.66 bits per heavy atom. The van der Waals surface area contributed by atoms with Gasteiger partial charge in [0.25, 0.3) is 11.6 Å². The minimum absolute atomic E-state index is 0.0913. The molecule has 2 amide bonds. The van der Waals surface area contributed by atoms with E-state index >= 15 is 0 Å². The van der Waals surface area contributed by atoms with E-state index in [0.717, 1.165) is 5.56 Å². The molecule has 2 rings (SSSR count). The first-order chi connectivity index (χ1) is 13.8. The summed E-state index contributed by atoms with van der Waals surface area (Å²) < 4.78 is 4.88. The average Bonchev–Trinajstić information content (AvgIpc) is 2.71. The Morgan fingerprint density at radius 1 is 1.00 bits per heavy atom. The SMILES string of the molecule is C[C@@H](NC(=O)COC(=O)CCC(=O)Nc1ccc([N+](=O)[O-])cc1)c1ccccc1. The molecular formula is C20H21N3O6. The minimum Gasteiger partial charge on any atom is -0.456 e. The quantitative estimate of drug-likeness (QED) is 0.379. The zero-order valence-corrected chi connectivity index (χ0v) is 15.8. The van der Waals surface area contributed by atoms with Crippen molar-refractivity contribution in [1.82, 2.24) is 5.32 Å². The highest BCUT2D eigenvalue weighted by Crippen LogP contribution is 2.15. The topological polar surface area (TPSA) is 128 Å². The standard InChI is InChI=1S/C20H21N3O6/c1-14(15-5-3-2-4-6-15)21-19(25)13-29-20(26)12-11-18(24)22-16-7-9-17(10-8-16)23(27)28/h2-10,14H,11-13H2,1H3,(H,21,25)(H,22,24)/t14-/m1/s1. The van der Waals surface area contributed by atoms with E-state index < -0.39 is 29.3 Å².